The van der Waals surface area contributed by atoms with E-state index in [0.29, 0.717) is 18.8 Å². The Hall–Kier alpha value is -0.120. The number of guanidine groups is 1. The fourth-order valence-electron chi connectivity index (χ4n) is 3.81. The Labute approximate surface area is 175 Å². The summed E-state index contributed by atoms with van der Waals surface area (Å²) in [5, 5.41) is 13.7. The van der Waals surface area contributed by atoms with E-state index in [1.807, 2.05) is 0 Å². The Morgan fingerprint density at radius 2 is 2.00 bits per heavy atom. The highest BCUT2D eigenvalue weighted by molar-refractivity contribution is 14.0. The lowest BCUT2D eigenvalue weighted by Crippen LogP contribution is -2.48. The van der Waals surface area contributed by atoms with Crippen LogP contribution in [-0.2, 0) is 9.47 Å². The SMILES string of the molecule is CCNC(=NCC1(O)CCC1)N1CCC(OCC2CCCCO2)CC1.I. The van der Waals surface area contributed by atoms with Gasteiger partial charge in [0, 0.05) is 26.2 Å². The summed E-state index contributed by atoms with van der Waals surface area (Å²) in [4.78, 5) is 7.00. The van der Waals surface area contributed by atoms with Crippen LogP contribution < -0.4 is 5.32 Å². The Morgan fingerprint density at radius 3 is 2.58 bits per heavy atom. The van der Waals surface area contributed by atoms with Crippen molar-refractivity contribution in [3.63, 3.8) is 0 Å². The molecule has 0 radical (unpaired) electrons. The molecule has 3 aliphatic rings. The van der Waals surface area contributed by atoms with Gasteiger partial charge in [0.15, 0.2) is 5.96 Å². The zero-order chi connectivity index (χ0) is 17.5. The van der Waals surface area contributed by atoms with Crippen molar-refractivity contribution in [2.24, 2.45) is 4.99 Å². The zero-order valence-corrected chi connectivity index (χ0v) is 18.5. The predicted molar refractivity (Wildman–Crippen MR) is 114 cm³/mol. The van der Waals surface area contributed by atoms with Gasteiger partial charge in [-0.05, 0) is 58.3 Å². The Balaban J connectivity index is 0.00000243. The van der Waals surface area contributed by atoms with Gasteiger partial charge in [-0.2, -0.15) is 0 Å². The van der Waals surface area contributed by atoms with E-state index >= 15 is 0 Å². The van der Waals surface area contributed by atoms with Crippen molar-refractivity contribution in [2.45, 2.75) is 76.1 Å². The quantitative estimate of drug-likeness (QED) is 0.347. The van der Waals surface area contributed by atoms with Crippen molar-refractivity contribution >= 4 is 29.9 Å². The molecule has 1 aliphatic carbocycles. The summed E-state index contributed by atoms with van der Waals surface area (Å²) in [5.41, 5.74) is -0.553. The number of likely N-dealkylation sites (tertiary alicyclic amines) is 1. The van der Waals surface area contributed by atoms with Gasteiger partial charge in [0.05, 0.1) is 31.0 Å². The van der Waals surface area contributed by atoms with E-state index in [1.165, 1.54) is 12.8 Å². The van der Waals surface area contributed by atoms with Crippen LogP contribution in [0.25, 0.3) is 0 Å². The van der Waals surface area contributed by atoms with Gasteiger partial charge < -0.3 is 24.8 Å². The summed E-state index contributed by atoms with van der Waals surface area (Å²) < 4.78 is 11.9. The van der Waals surface area contributed by atoms with Gasteiger partial charge in [-0.25, -0.2) is 0 Å². The molecule has 0 spiro atoms. The lowest BCUT2D eigenvalue weighted by atomic mass is 9.80. The van der Waals surface area contributed by atoms with Crippen molar-refractivity contribution in [2.75, 3.05) is 39.4 Å². The Bertz CT molecular complexity index is 432. The average Bonchev–Trinajstić information content (AvgIpc) is 2.63. The van der Waals surface area contributed by atoms with Crippen LogP contribution in [0.2, 0.25) is 0 Å². The largest absolute Gasteiger partial charge is 0.388 e. The third-order valence-corrected chi connectivity index (χ3v) is 5.68. The van der Waals surface area contributed by atoms with Gasteiger partial charge >= 0.3 is 0 Å². The molecule has 26 heavy (non-hydrogen) atoms. The van der Waals surface area contributed by atoms with E-state index in [2.05, 4.69) is 17.1 Å². The fraction of sp³-hybridized carbons (Fsp3) is 0.947. The molecule has 3 rings (SSSR count). The van der Waals surface area contributed by atoms with E-state index in [9.17, 15) is 5.11 Å². The highest BCUT2D eigenvalue weighted by Gasteiger charge is 2.34. The number of nitrogens with zero attached hydrogens (tertiary/aromatic N) is 2. The summed E-state index contributed by atoms with van der Waals surface area (Å²) in [7, 11) is 0. The fourth-order valence-corrected chi connectivity index (χ4v) is 3.81. The van der Waals surface area contributed by atoms with Gasteiger partial charge in [-0.1, -0.05) is 0 Å². The van der Waals surface area contributed by atoms with Crippen LogP contribution in [0.1, 0.15) is 58.3 Å². The molecule has 1 atom stereocenters. The minimum Gasteiger partial charge on any atom is -0.388 e. The van der Waals surface area contributed by atoms with Crippen LogP contribution in [0.15, 0.2) is 4.99 Å². The van der Waals surface area contributed by atoms with Crippen molar-refractivity contribution in [3.8, 4) is 0 Å². The molecule has 2 heterocycles. The molecule has 152 valence electrons. The summed E-state index contributed by atoms with van der Waals surface area (Å²) >= 11 is 0. The normalized spacial score (nSPS) is 26.8. The number of aliphatic imine (C=N–C) groups is 1. The predicted octanol–water partition coefficient (Wildman–Crippen LogP) is 2.54. The third kappa shape index (κ3) is 6.49. The molecule has 0 aromatic carbocycles. The second kappa shape index (κ2) is 11.0. The summed E-state index contributed by atoms with van der Waals surface area (Å²) in [6, 6.07) is 0. The monoisotopic (exact) mass is 481 g/mol. The zero-order valence-electron chi connectivity index (χ0n) is 16.1. The smallest absolute Gasteiger partial charge is 0.194 e. The van der Waals surface area contributed by atoms with Crippen molar-refractivity contribution in [1.82, 2.24) is 10.2 Å². The molecule has 1 saturated carbocycles. The Kier molecular flexibility index (Phi) is 9.40. The van der Waals surface area contributed by atoms with E-state index in [0.717, 1.165) is 77.3 Å². The molecule has 3 fully saturated rings. The standard InChI is InChI=1S/C19H35N3O3.HI/c1-2-20-18(21-15-19(23)9-5-10-19)22-11-7-16(8-12-22)25-14-17-6-3-4-13-24-17;/h16-17,23H,2-15H2,1H3,(H,20,21);1H. The van der Waals surface area contributed by atoms with E-state index in [1.54, 1.807) is 0 Å². The molecule has 2 aliphatic heterocycles. The number of hydrogen-bond donors (Lipinski definition) is 2. The number of hydrogen-bond acceptors (Lipinski definition) is 4. The van der Waals surface area contributed by atoms with Crippen LogP contribution in [0, 0.1) is 0 Å². The molecule has 2 N–H and O–H groups in total. The van der Waals surface area contributed by atoms with Gasteiger partial charge in [0.25, 0.3) is 0 Å². The van der Waals surface area contributed by atoms with Crippen molar-refractivity contribution in [1.29, 1.82) is 0 Å². The molecule has 0 amide bonds. The molecular formula is C19H36IN3O3. The summed E-state index contributed by atoms with van der Waals surface area (Å²) in [6.45, 7) is 7.01. The van der Waals surface area contributed by atoms with Crippen LogP contribution in [0.4, 0.5) is 0 Å². The number of rotatable bonds is 6. The first-order valence-electron chi connectivity index (χ1n) is 10.2. The second-order valence-corrected chi connectivity index (χ2v) is 7.76. The van der Waals surface area contributed by atoms with Gasteiger partial charge in [-0.15, -0.1) is 24.0 Å². The lowest BCUT2D eigenvalue weighted by Gasteiger charge is -2.37. The second-order valence-electron chi connectivity index (χ2n) is 7.76. The summed E-state index contributed by atoms with van der Waals surface area (Å²) in [5.74, 6) is 0.942. The molecule has 1 unspecified atom stereocenters. The first-order chi connectivity index (χ1) is 12.2. The minimum absolute atomic E-state index is 0. The van der Waals surface area contributed by atoms with Gasteiger partial charge in [0.2, 0.25) is 0 Å². The topological polar surface area (TPSA) is 66.3 Å². The maximum atomic E-state index is 10.3. The van der Waals surface area contributed by atoms with Gasteiger partial charge in [-0.3, -0.25) is 4.99 Å². The number of aliphatic hydroxyl groups is 1. The van der Waals surface area contributed by atoms with E-state index in [4.69, 9.17) is 14.5 Å². The first kappa shape index (κ1) is 22.2. The number of ether oxygens (including phenoxy) is 2. The lowest BCUT2D eigenvalue weighted by molar-refractivity contribution is -0.0721. The van der Waals surface area contributed by atoms with E-state index in [-0.39, 0.29) is 24.0 Å². The summed E-state index contributed by atoms with van der Waals surface area (Å²) in [6.07, 6.45) is 9.18. The molecular weight excluding hydrogens is 445 g/mol. The molecule has 0 aromatic heterocycles. The van der Waals surface area contributed by atoms with Gasteiger partial charge in [0.1, 0.15) is 0 Å². The van der Waals surface area contributed by atoms with Crippen LogP contribution >= 0.6 is 24.0 Å². The maximum absolute atomic E-state index is 10.3. The molecule has 0 aromatic rings. The minimum atomic E-state index is -0.553. The highest BCUT2D eigenvalue weighted by Crippen LogP contribution is 2.31. The molecule has 2 saturated heterocycles. The third-order valence-electron chi connectivity index (χ3n) is 5.68. The van der Waals surface area contributed by atoms with Crippen LogP contribution in [0.5, 0.6) is 0 Å². The molecule has 0 bridgehead atoms. The van der Waals surface area contributed by atoms with Crippen LogP contribution in [0.3, 0.4) is 0 Å². The van der Waals surface area contributed by atoms with E-state index < -0.39 is 5.60 Å². The molecule has 7 heteroatoms. The van der Waals surface area contributed by atoms with Crippen LogP contribution in [-0.4, -0.2) is 73.2 Å². The molecule has 6 nitrogen and oxygen atoms in total. The van der Waals surface area contributed by atoms with Crippen molar-refractivity contribution < 1.29 is 14.6 Å². The number of piperidine rings is 1. The maximum Gasteiger partial charge on any atom is 0.194 e. The highest BCUT2D eigenvalue weighted by atomic mass is 127. The number of halogens is 1. The van der Waals surface area contributed by atoms with Crippen molar-refractivity contribution in [3.05, 3.63) is 0 Å². The number of nitrogens with one attached hydrogen (secondary N) is 1. The average molecular weight is 481 g/mol. The first-order valence-corrected chi connectivity index (χ1v) is 10.2. The Morgan fingerprint density at radius 1 is 1.23 bits per heavy atom.